The van der Waals surface area contributed by atoms with Gasteiger partial charge in [-0.15, -0.1) is 11.8 Å². The summed E-state index contributed by atoms with van der Waals surface area (Å²) in [6.07, 6.45) is 1.81. The molecule has 3 nitrogen and oxygen atoms in total. The predicted molar refractivity (Wildman–Crippen MR) is 61.7 cm³/mol. The van der Waals surface area contributed by atoms with Gasteiger partial charge in [-0.3, -0.25) is 4.79 Å². The van der Waals surface area contributed by atoms with Crippen LogP contribution in [0.15, 0.2) is 35.9 Å². The number of nitrogens with two attached hydrogens (primary N) is 1. The number of hydrogen-bond donors (Lipinski definition) is 1. The van der Waals surface area contributed by atoms with Gasteiger partial charge >= 0.3 is 0 Å². The van der Waals surface area contributed by atoms with E-state index < -0.39 is 5.91 Å². The van der Waals surface area contributed by atoms with Gasteiger partial charge in [0.25, 0.3) is 5.91 Å². The van der Waals surface area contributed by atoms with Gasteiger partial charge in [0.05, 0.1) is 0 Å². The summed E-state index contributed by atoms with van der Waals surface area (Å²) in [6.45, 7) is 0. The maximum absolute atomic E-state index is 11.0. The van der Waals surface area contributed by atoms with Gasteiger partial charge in [-0.1, -0.05) is 30.3 Å². The zero-order chi connectivity index (χ0) is 11.3. The van der Waals surface area contributed by atoms with Crippen molar-refractivity contribution >= 4 is 22.6 Å². The molecule has 1 aromatic carbocycles. The van der Waals surface area contributed by atoms with Gasteiger partial charge in [-0.2, -0.15) is 5.26 Å². The zero-order valence-electron chi connectivity index (χ0n) is 8.23. The lowest BCUT2D eigenvalue weighted by Crippen LogP contribution is -2.13. The molecule has 0 unspecified atom stereocenters. The molecule has 2 N–H and O–H groups in total. The van der Waals surface area contributed by atoms with Crippen LogP contribution in [-0.2, 0) is 4.79 Å². The van der Waals surface area contributed by atoms with E-state index >= 15 is 0 Å². The summed E-state index contributed by atoms with van der Waals surface area (Å²) in [5.74, 6) is -0.689. The minimum absolute atomic E-state index is 0.00806. The van der Waals surface area contributed by atoms with Crippen LogP contribution >= 0.6 is 11.8 Å². The van der Waals surface area contributed by atoms with Crippen LogP contribution in [0.1, 0.15) is 5.56 Å². The number of carbonyl (C=O) groups is 1. The quantitative estimate of drug-likeness (QED) is 0.621. The number of thioether (sulfide) groups is 1. The van der Waals surface area contributed by atoms with Crippen molar-refractivity contribution in [1.82, 2.24) is 0 Å². The van der Waals surface area contributed by atoms with E-state index in [1.807, 2.05) is 42.7 Å². The van der Waals surface area contributed by atoms with Crippen LogP contribution in [0.3, 0.4) is 0 Å². The normalized spacial score (nSPS) is 11.5. The maximum atomic E-state index is 11.0. The molecule has 0 aromatic heterocycles. The molecule has 0 fully saturated rings. The first-order valence-electron chi connectivity index (χ1n) is 4.24. The molecule has 0 bridgehead atoms. The fraction of sp³-hybridized carbons (Fsp3) is 0.0909. The largest absolute Gasteiger partial charge is 0.365 e. The molecule has 0 aliphatic heterocycles. The number of primary amides is 1. The molecule has 0 spiro atoms. The van der Waals surface area contributed by atoms with Crippen LogP contribution in [0.5, 0.6) is 0 Å². The Morgan fingerprint density at radius 1 is 1.40 bits per heavy atom. The highest BCUT2D eigenvalue weighted by Gasteiger charge is 2.12. The van der Waals surface area contributed by atoms with Crippen LogP contribution < -0.4 is 5.73 Å². The molecular formula is C11H10N2OS. The minimum atomic E-state index is -0.689. The Morgan fingerprint density at radius 2 is 2.00 bits per heavy atom. The molecule has 0 aliphatic carbocycles. The SMILES string of the molecule is CS/C(=C(/C#N)C(N)=O)c1ccccc1. The summed E-state index contributed by atoms with van der Waals surface area (Å²) in [7, 11) is 0. The molecule has 0 atom stereocenters. The first kappa shape index (κ1) is 11.3. The van der Waals surface area contributed by atoms with Gasteiger partial charge in [0.2, 0.25) is 0 Å². The van der Waals surface area contributed by atoms with Crippen molar-refractivity contribution < 1.29 is 4.79 Å². The first-order chi connectivity index (χ1) is 7.20. The second-order valence-corrected chi connectivity index (χ2v) is 3.57. The second kappa shape index (κ2) is 5.23. The number of rotatable bonds is 3. The predicted octanol–water partition coefficient (Wildman–Crippen LogP) is 1.77. The average molecular weight is 218 g/mol. The third-order valence-electron chi connectivity index (χ3n) is 1.83. The molecule has 0 saturated heterocycles. The van der Waals surface area contributed by atoms with E-state index in [9.17, 15) is 4.79 Å². The summed E-state index contributed by atoms with van der Waals surface area (Å²) in [5, 5.41) is 8.84. The topological polar surface area (TPSA) is 66.9 Å². The van der Waals surface area contributed by atoms with Crippen molar-refractivity contribution in [3.05, 3.63) is 41.5 Å². The third-order valence-corrected chi connectivity index (χ3v) is 2.67. The van der Waals surface area contributed by atoms with Gasteiger partial charge in [-0.25, -0.2) is 0 Å². The number of carbonyl (C=O) groups excluding carboxylic acids is 1. The van der Waals surface area contributed by atoms with Crippen LogP contribution in [-0.4, -0.2) is 12.2 Å². The monoisotopic (exact) mass is 218 g/mol. The molecule has 0 aliphatic rings. The fourth-order valence-corrected chi connectivity index (χ4v) is 1.89. The average Bonchev–Trinajstić information content (AvgIpc) is 2.26. The summed E-state index contributed by atoms with van der Waals surface area (Å²) in [5.41, 5.74) is 5.97. The van der Waals surface area contributed by atoms with Gasteiger partial charge in [0.15, 0.2) is 0 Å². The lowest BCUT2D eigenvalue weighted by atomic mass is 10.1. The number of nitrogens with zero attached hydrogens (tertiary/aromatic N) is 1. The van der Waals surface area contributed by atoms with Crippen LogP contribution in [0.2, 0.25) is 0 Å². The lowest BCUT2D eigenvalue weighted by Gasteiger charge is -2.05. The summed E-state index contributed by atoms with van der Waals surface area (Å²) >= 11 is 1.34. The zero-order valence-corrected chi connectivity index (χ0v) is 9.04. The molecule has 1 aromatic rings. The first-order valence-corrected chi connectivity index (χ1v) is 5.46. The van der Waals surface area contributed by atoms with Gasteiger partial charge in [0.1, 0.15) is 11.6 Å². The van der Waals surface area contributed by atoms with E-state index in [1.54, 1.807) is 0 Å². The molecule has 1 rings (SSSR count). The van der Waals surface area contributed by atoms with Crippen molar-refractivity contribution in [2.24, 2.45) is 5.73 Å². The van der Waals surface area contributed by atoms with E-state index in [0.717, 1.165) is 5.56 Å². The van der Waals surface area contributed by atoms with Crippen LogP contribution in [0, 0.1) is 11.3 Å². The Labute approximate surface area is 92.6 Å². The Kier molecular flexibility index (Phi) is 3.95. The Hall–Kier alpha value is -1.73. The maximum Gasteiger partial charge on any atom is 0.260 e. The number of hydrogen-bond acceptors (Lipinski definition) is 3. The van der Waals surface area contributed by atoms with Crippen molar-refractivity contribution in [2.45, 2.75) is 0 Å². The van der Waals surface area contributed by atoms with E-state index in [-0.39, 0.29) is 5.57 Å². The number of benzene rings is 1. The van der Waals surface area contributed by atoms with Crippen molar-refractivity contribution in [3.8, 4) is 6.07 Å². The van der Waals surface area contributed by atoms with E-state index in [4.69, 9.17) is 11.0 Å². The van der Waals surface area contributed by atoms with Crippen LogP contribution in [0.4, 0.5) is 0 Å². The number of amides is 1. The van der Waals surface area contributed by atoms with Crippen LogP contribution in [0.25, 0.3) is 4.91 Å². The standard InChI is InChI=1S/C11H10N2OS/c1-15-10(9(7-12)11(13)14)8-5-3-2-4-6-8/h2-6H,1H3,(H2,13,14)/b10-9-. The van der Waals surface area contributed by atoms with Crippen molar-refractivity contribution in [3.63, 3.8) is 0 Å². The van der Waals surface area contributed by atoms with Gasteiger partial charge in [-0.05, 0) is 11.8 Å². The molecule has 0 radical (unpaired) electrons. The van der Waals surface area contributed by atoms with E-state index in [1.165, 1.54) is 11.8 Å². The fourth-order valence-electron chi connectivity index (χ4n) is 1.17. The van der Waals surface area contributed by atoms with Crippen molar-refractivity contribution in [2.75, 3.05) is 6.26 Å². The Morgan fingerprint density at radius 3 is 2.40 bits per heavy atom. The molecule has 1 amide bonds. The highest BCUT2D eigenvalue weighted by atomic mass is 32.2. The minimum Gasteiger partial charge on any atom is -0.365 e. The Bertz CT molecular complexity index is 432. The molecule has 15 heavy (non-hydrogen) atoms. The van der Waals surface area contributed by atoms with E-state index in [0.29, 0.717) is 4.91 Å². The molecule has 0 heterocycles. The number of nitriles is 1. The smallest absolute Gasteiger partial charge is 0.260 e. The molecule has 4 heteroatoms. The highest BCUT2D eigenvalue weighted by molar-refractivity contribution is 8.07. The van der Waals surface area contributed by atoms with Gasteiger partial charge < -0.3 is 5.73 Å². The summed E-state index contributed by atoms with van der Waals surface area (Å²) in [6, 6.07) is 11.1. The van der Waals surface area contributed by atoms with Crippen molar-refractivity contribution in [1.29, 1.82) is 5.26 Å². The molecule has 76 valence electrons. The lowest BCUT2D eigenvalue weighted by molar-refractivity contribution is -0.114. The second-order valence-electron chi connectivity index (χ2n) is 2.75. The summed E-state index contributed by atoms with van der Waals surface area (Å²) in [4.78, 5) is 11.6. The summed E-state index contributed by atoms with van der Waals surface area (Å²) < 4.78 is 0. The highest BCUT2D eigenvalue weighted by Crippen LogP contribution is 2.28. The molecule has 0 saturated carbocycles. The Balaban J connectivity index is 3.31. The third kappa shape index (κ3) is 2.61. The van der Waals surface area contributed by atoms with E-state index in [2.05, 4.69) is 0 Å². The van der Waals surface area contributed by atoms with Gasteiger partial charge in [0, 0.05) is 4.91 Å². The molecular weight excluding hydrogens is 208 g/mol.